The number of carbonyl (C=O) groups excluding carboxylic acids is 1. The monoisotopic (exact) mass is 183 g/mol. The number of amides is 2. The van der Waals surface area contributed by atoms with E-state index in [4.69, 9.17) is 0 Å². The molecule has 12 heavy (non-hydrogen) atoms. The SMILES string of the molecule is O=C(Nc1nccs1)NC1CC1. The van der Waals surface area contributed by atoms with Crippen molar-refractivity contribution in [2.75, 3.05) is 5.32 Å². The van der Waals surface area contributed by atoms with Crippen LogP contribution in [0.2, 0.25) is 0 Å². The lowest BCUT2D eigenvalue weighted by Crippen LogP contribution is -2.30. The molecule has 0 saturated heterocycles. The Labute approximate surface area is 74.0 Å². The van der Waals surface area contributed by atoms with Crippen molar-refractivity contribution in [2.45, 2.75) is 18.9 Å². The first-order valence-corrected chi connectivity index (χ1v) is 4.69. The predicted octanol–water partition coefficient (Wildman–Crippen LogP) is 1.43. The number of urea groups is 1. The maximum Gasteiger partial charge on any atom is 0.321 e. The first kappa shape index (κ1) is 7.54. The third kappa shape index (κ3) is 1.94. The lowest BCUT2D eigenvalue weighted by molar-refractivity contribution is 0.251. The van der Waals surface area contributed by atoms with Crippen LogP contribution in [0.15, 0.2) is 11.6 Å². The predicted molar refractivity (Wildman–Crippen MR) is 47.3 cm³/mol. The molecule has 5 heteroatoms. The zero-order valence-corrected chi connectivity index (χ0v) is 7.23. The van der Waals surface area contributed by atoms with Crippen LogP contribution < -0.4 is 10.6 Å². The third-order valence-electron chi connectivity index (χ3n) is 1.57. The Kier molecular flexibility index (Phi) is 1.95. The molecule has 0 bridgehead atoms. The summed E-state index contributed by atoms with van der Waals surface area (Å²) < 4.78 is 0. The van der Waals surface area contributed by atoms with Crippen LogP contribution in [-0.4, -0.2) is 17.1 Å². The molecule has 0 atom stereocenters. The Morgan fingerprint density at radius 2 is 2.50 bits per heavy atom. The Bertz CT molecular complexity index is 268. The number of anilines is 1. The Hall–Kier alpha value is -1.10. The van der Waals surface area contributed by atoms with Crippen molar-refractivity contribution in [2.24, 2.45) is 0 Å². The molecule has 2 amide bonds. The summed E-state index contributed by atoms with van der Waals surface area (Å²) in [5.41, 5.74) is 0. The van der Waals surface area contributed by atoms with Crippen LogP contribution in [0.1, 0.15) is 12.8 Å². The molecule has 1 aromatic heterocycles. The lowest BCUT2D eigenvalue weighted by Gasteiger charge is -2.01. The fourth-order valence-corrected chi connectivity index (χ4v) is 1.36. The zero-order chi connectivity index (χ0) is 8.39. The molecule has 64 valence electrons. The molecule has 0 aromatic carbocycles. The molecule has 1 fully saturated rings. The molecule has 0 radical (unpaired) electrons. The van der Waals surface area contributed by atoms with Gasteiger partial charge in [-0.05, 0) is 12.8 Å². The van der Waals surface area contributed by atoms with Crippen molar-refractivity contribution in [3.05, 3.63) is 11.6 Å². The maximum atomic E-state index is 11.1. The number of nitrogens with one attached hydrogen (secondary N) is 2. The summed E-state index contributed by atoms with van der Waals surface area (Å²) in [6.07, 6.45) is 3.87. The molecule has 4 nitrogen and oxygen atoms in total. The smallest absolute Gasteiger partial charge is 0.321 e. The molecule has 0 spiro atoms. The van der Waals surface area contributed by atoms with E-state index in [0.717, 1.165) is 12.8 Å². The second-order valence-electron chi connectivity index (χ2n) is 2.71. The average molecular weight is 183 g/mol. The van der Waals surface area contributed by atoms with Crippen molar-refractivity contribution < 1.29 is 4.79 Å². The summed E-state index contributed by atoms with van der Waals surface area (Å²) in [7, 11) is 0. The highest BCUT2D eigenvalue weighted by Gasteiger charge is 2.23. The van der Waals surface area contributed by atoms with E-state index in [-0.39, 0.29) is 6.03 Å². The van der Waals surface area contributed by atoms with E-state index >= 15 is 0 Å². The van der Waals surface area contributed by atoms with Gasteiger partial charge in [0.15, 0.2) is 5.13 Å². The maximum absolute atomic E-state index is 11.1. The summed E-state index contributed by atoms with van der Waals surface area (Å²) in [6, 6.07) is 0.248. The molecule has 0 aliphatic heterocycles. The molecule has 1 saturated carbocycles. The van der Waals surface area contributed by atoms with Gasteiger partial charge in [-0.1, -0.05) is 0 Å². The van der Waals surface area contributed by atoms with E-state index in [9.17, 15) is 4.79 Å². The lowest BCUT2D eigenvalue weighted by atomic mass is 10.7. The van der Waals surface area contributed by atoms with E-state index in [1.807, 2.05) is 5.38 Å². The highest BCUT2D eigenvalue weighted by molar-refractivity contribution is 7.13. The molecule has 1 aromatic rings. The summed E-state index contributed by atoms with van der Waals surface area (Å²) in [4.78, 5) is 15.0. The van der Waals surface area contributed by atoms with Gasteiger partial charge < -0.3 is 5.32 Å². The number of hydrogen-bond donors (Lipinski definition) is 2. The van der Waals surface area contributed by atoms with E-state index in [0.29, 0.717) is 11.2 Å². The molecule has 2 N–H and O–H groups in total. The minimum absolute atomic E-state index is 0.146. The average Bonchev–Trinajstić information content (AvgIpc) is 2.66. The number of rotatable bonds is 2. The first-order valence-electron chi connectivity index (χ1n) is 3.81. The molecular formula is C7H9N3OS. The van der Waals surface area contributed by atoms with Crippen molar-refractivity contribution >= 4 is 22.5 Å². The van der Waals surface area contributed by atoms with Crippen LogP contribution in [0.25, 0.3) is 0 Å². The van der Waals surface area contributed by atoms with Gasteiger partial charge in [0.25, 0.3) is 0 Å². The molecule has 1 aliphatic carbocycles. The van der Waals surface area contributed by atoms with Gasteiger partial charge in [0.2, 0.25) is 0 Å². The number of aromatic nitrogens is 1. The van der Waals surface area contributed by atoms with Gasteiger partial charge in [-0.25, -0.2) is 9.78 Å². The molecular weight excluding hydrogens is 174 g/mol. The minimum atomic E-state index is -0.146. The van der Waals surface area contributed by atoms with Gasteiger partial charge in [0.1, 0.15) is 0 Å². The van der Waals surface area contributed by atoms with Crippen molar-refractivity contribution in [3.8, 4) is 0 Å². The standard InChI is InChI=1S/C7H9N3OS/c11-6(9-5-1-2-5)10-7-8-3-4-12-7/h3-5H,1-2H2,(H2,8,9,10,11). The Balaban J connectivity index is 1.82. The second-order valence-corrected chi connectivity index (χ2v) is 3.60. The Morgan fingerprint density at radius 3 is 3.08 bits per heavy atom. The topological polar surface area (TPSA) is 54.0 Å². The molecule has 1 aliphatic rings. The van der Waals surface area contributed by atoms with Crippen LogP contribution in [0.3, 0.4) is 0 Å². The van der Waals surface area contributed by atoms with Crippen LogP contribution in [0.5, 0.6) is 0 Å². The highest BCUT2D eigenvalue weighted by Crippen LogP contribution is 2.19. The van der Waals surface area contributed by atoms with E-state index in [2.05, 4.69) is 15.6 Å². The van der Waals surface area contributed by atoms with Gasteiger partial charge in [-0.3, -0.25) is 5.32 Å². The van der Waals surface area contributed by atoms with Crippen LogP contribution in [0.4, 0.5) is 9.93 Å². The van der Waals surface area contributed by atoms with Gasteiger partial charge in [0.05, 0.1) is 0 Å². The summed E-state index contributed by atoms with van der Waals surface area (Å²) in [5, 5.41) is 7.93. The van der Waals surface area contributed by atoms with Gasteiger partial charge in [-0.15, -0.1) is 11.3 Å². The van der Waals surface area contributed by atoms with Gasteiger partial charge in [-0.2, -0.15) is 0 Å². The van der Waals surface area contributed by atoms with Crippen molar-refractivity contribution in [3.63, 3.8) is 0 Å². The fraction of sp³-hybridized carbons (Fsp3) is 0.429. The summed E-state index contributed by atoms with van der Waals surface area (Å²) in [5.74, 6) is 0. The van der Waals surface area contributed by atoms with E-state index < -0.39 is 0 Å². The van der Waals surface area contributed by atoms with Crippen molar-refractivity contribution in [1.29, 1.82) is 0 Å². The molecule has 1 heterocycles. The van der Waals surface area contributed by atoms with Crippen molar-refractivity contribution in [1.82, 2.24) is 10.3 Å². The molecule has 0 unspecified atom stereocenters. The number of carbonyl (C=O) groups is 1. The zero-order valence-electron chi connectivity index (χ0n) is 6.41. The van der Waals surface area contributed by atoms with Crippen LogP contribution in [0, 0.1) is 0 Å². The van der Waals surface area contributed by atoms with E-state index in [1.165, 1.54) is 11.3 Å². The second kappa shape index (κ2) is 3.10. The van der Waals surface area contributed by atoms with E-state index in [1.54, 1.807) is 6.20 Å². The highest BCUT2D eigenvalue weighted by atomic mass is 32.1. The fourth-order valence-electron chi connectivity index (χ4n) is 0.831. The molecule has 2 rings (SSSR count). The number of thiazole rings is 1. The van der Waals surface area contributed by atoms with Crippen LogP contribution in [-0.2, 0) is 0 Å². The Morgan fingerprint density at radius 1 is 1.67 bits per heavy atom. The van der Waals surface area contributed by atoms with Gasteiger partial charge in [0, 0.05) is 17.6 Å². The number of hydrogen-bond acceptors (Lipinski definition) is 3. The summed E-state index contributed by atoms with van der Waals surface area (Å²) in [6.45, 7) is 0. The number of nitrogens with zero attached hydrogens (tertiary/aromatic N) is 1. The summed E-state index contributed by atoms with van der Waals surface area (Å²) >= 11 is 1.42. The largest absolute Gasteiger partial charge is 0.335 e. The van der Waals surface area contributed by atoms with Crippen LogP contribution >= 0.6 is 11.3 Å². The first-order chi connectivity index (χ1) is 5.84. The normalized spacial score (nSPS) is 15.7. The van der Waals surface area contributed by atoms with Gasteiger partial charge >= 0.3 is 6.03 Å². The minimum Gasteiger partial charge on any atom is -0.335 e. The quantitative estimate of drug-likeness (QED) is 0.728. The third-order valence-corrected chi connectivity index (χ3v) is 2.25.